The zero-order valence-electron chi connectivity index (χ0n) is 15.9. The molecule has 0 atom stereocenters. The van der Waals surface area contributed by atoms with E-state index in [4.69, 9.17) is 0 Å². The normalized spacial score (nSPS) is 18.3. The average Bonchev–Trinajstić information content (AvgIpc) is 3.13. The maximum Gasteiger partial charge on any atom is 0.254 e. The summed E-state index contributed by atoms with van der Waals surface area (Å²) in [6.07, 6.45) is 1.66. The van der Waals surface area contributed by atoms with Crippen molar-refractivity contribution in [1.82, 2.24) is 9.80 Å². The van der Waals surface area contributed by atoms with Gasteiger partial charge in [-0.05, 0) is 54.8 Å². The van der Waals surface area contributed by atoms with Gasteiger partial charge in [-0.1, -0.05) is 12.1 Å². The van der Waals surface area contributed by atoms with Gasteiger partial charge in [0.25, 0.3) is 5.91 Å². The van der Waals surface area contributed by atoms with Gasteiger partial charge < -0.3 is 9.80 Å². The van der Waals surface area contributed by atoms with E-state index in [0.717, 1.165) is 11.3 Å². The summed E-state index contributed by atoms with van der Waals surface area (Å²) < 4.78 is 26.2. The largest absolute Gasteiger partial charge is 0.342 e. The SMILES string of the molecule is O=C(Cc1ccc(F)cc1)N1CCC2(CC1)SCCN2C(=O)c1ccc(F)cc1. The van der Waals surface area contributed by atoms with Crippen molar-refractivity contribution in [1.29, 1.82) is 0 Å². The highest BCUT2D eigenvalue weighted by Crippen LogP contribution is 2.44. The van der Waals surface area contributed by atoms with Crippen molar-refractivity contribution in [3.05, 3.63) is 71.3 Å². The van der Waals surface area contributed by atoms with Gasteiger partial charge in [0.2, 0.25) is 5.91 Å². The lowest BCUT2D eigenvalue weighted by molar-refractivity contribution is -0.132. The zero-order chi connectivity index (χ0) is 20.4. The van der Waals surface area contributed by atoms with E-state index in [-0.39, 0.29) is 34.7 Å². The molecule has 4 rings (SSSR count). The van der Waals surface area contributed by atoms with Gasteiger partial charge in [0.05, 0.1) is 11.3 Å². The lowest BCUT2D eigenvalue weighted by Crippen LogP contribution is -2.53. The molecule has 29 heavy (non-hydrogen) atoms. The van der Waals surface area contributed by atoms with Gasteiger partial charge in [0, 0.05) is 31.0 Å². The van der Waals surface area contributed by atoms with E-state index in [2.05, 4.69) is 0 Å². The van der Waals surface area contributed by atoms with Crippen molar-refractivity contribution in [2.75, 3.05) is 25.4 Å². The summed E-state index contributed by atoms with van der Waals surface area (Å²) in [4.78, 5) is 29.0. The number of nitrogens with zero attached hydrogens (tertiary/aromatic N) is 2. The van der Waals surface area contributed by atoms with Gasteiger partial charge in [0.1, 0.15) is 11.6 Å². The standard InChI is InChI=1S/C22H22F2N2O2S/c23-18-5-1-16(2-6-18)15-20(27)25-11-9-22(10-12-25)26(13-14-29-22)21(28)17-3-7-19(24)8-4-17/h1-8H,9-15H2. The smallest absolute Gasteiger partial charge is 0.254 e. The lowest BCUT2D eigenvalue weighted by atomic mass is 10.00. The van der Waals surface area contributed by atoms with Crippen molar-refractivity contribution >= 4 is 23.6 Å². The Kier molecular flexibility index (Phi) is 5.58. The van der Waals surface area contributed by atoms with Gasteiger partial charge in [-0.15, -0.1) is 11.8 Å². The molecule has 2 fully saturated rings. The Balaban J connectivity index is 1.40. The number of thioether (sulfide) groups is 1. The van der Waals surface area contributed by atoms with Crippen LogP contribution in [0.2, 0.25) is 0 Å². The Morgan fingerprint density at radius 2 is 1.48 bits per heavy atom. The lowest BCUT2D eigenvalue weighted by Gasteiger charge is -2.44. The first-order valence-electron chi connectivity index (χ1n) is 9.71. The van der Waals surface area contributed by atoms with E-state index >= 15 is 0 Å². The first-order valence-corrected chi connectivity index (χ1v) is 10.7. The van der Waals surface area contributed by atoms with E-state index in [1.54, 1.807) is 23.9 Å². The minimum absolute atomic E-state index is 0.0193. The van der Waals surface area contributed by atoms with Gasteiger partial charge in [0.15, 0.2) is 0 Å². The predicted octanol–water partition coefficient (Wildman–Crippen LogP) is 3.72. The van der Waals surface area contributed by atoms with Crippen molar-refractivity contribution in [3.63, 3.8) is 0 Å². The molecule has 2 amide bonds. The minimum atomic E-state index is -0.361. The highest BCUT2D eigenvalue weighted by atomic mass is 32.2. The second-order valence-corrected chi connectivity index (χ2v) is 8.90. The van der Waals surface area contributed by atoms with Crippen LogP contribution in [0.3, 0.4) is 0 Å². The molecule has 2 aromatic carbocycles. The molecule has 1 spiro atoms. The van der Waals surface area contributed by atoms with E-state index in [1.165, 1.54) is 36.4 Å². The molecule has 2 heterocycles. The van der Waals surface area contributed by atoms with Gasteiger partial charge in [-0.3, -0.25) is 9.59 Å². The molecule has 0 aliphatic carbocycles. The number of hydrogen-bond acceptors (Lipinski definition) is 3. The van der Waals surface area contributed by atoms with Crippen LogP contribution in [0.5, 0.6) is 0 Å². The second-order valence-electron chi connectivity index (χ2n) is 7.44. The van der Waals surface area contributed by atoms with Crippen LogP contribution in [0.15, 0.2) is 48.5 Å². The van der Waals surface area contributed by atoms with Crippen LogP contribution in [0.1, 0.15) is 28.8 Å². The number of carbonyl (C=O) groups excluding carboxylic acids is 2. The molecule has 2 aliphatic heterocycles. The summed E-state index contributed by atoms with van der Waals surface area (Å²) >= 11 is 1.77. The Labute approximate surface area is 172 Å². The topological polar surface area (TPSA) is 40.6 Å². The molecule has 2 aromatic rings. The van der Waals surface area contributed by atoms with Crippen molar-refractivity contribution in [2.45, 2.75) is 24.1 Å². The van der Waals surface area contributed by atoms with Crippen molar-refractivity contribution < 1.29 is 18.4 Å². The number of halogens is 2. The summed E-state index contributed by atoms with van der Waals surface area (Å²) in [6, 6.07) is 11.7. The number of piperidine rings is 1. The second kappa shape index (κ2) is 8.14. The van der Waals surface area contributed by atoms with Crippen LogP contribution in [0.25, 0.3) is 0 Å². The Bertz CT molecular complexity index is 894. The van der Waals surface area contributed by atoms with Gasteiger partial charge in [-0.25, -0.2) is 8.78 Å². The first-order chi connectivity index (χ1) is 14.0. The zero-order valence-corrected chi connectivity index (χ0v) is 16.8. The van der Waals surface area contributed by atoms with Crippen molar-refractivity contribution in [2.24, 2.45) is 0 Å². The highest BCUT2D eigenvalue weighted by Gasteiger charge is 2.47. The maximum absolute atomic E-state index is 13.2. The van der Waals surface area contributed by atoms with Crippen LogP contribution >= 0.6 is 11.8 Å². The van der Waals surface area contributed by atoms with Crippen LogP contribution in [0, 0.1) is 11.6 Å². The van der Waals surface area contributed by atoms with E-state index in [9.17, 15) is 18.4 Å². The van der Waals surface area contributed by atoms with Crippen LogP contribution in [-0.2, 0) is 11.2 Å². The van der Waals surface area contributed by atoms with Gasteiger partial charge in [-0.2, -0.15) is 0 Å². The minimum Gasteiger partial charge on any atom is -0.342 e. The fourth-order valence-corrected chi connectivity index (χ4v) is 5.51. The number of amides is 2. The molecule has 0 bridgehead atoms. The van der Waals surface area contributed by atoms with Crippen LogP contribution < -0.4 is 0 Å². The van der Waals surface area contributed by atoms with Crippen LogP contribution in [0.4, 0.5) is 8.78 Å². The number of rotatable bonds is 3. The number of hydrogen-bond donors (Lipinski definition) is 0. The summed E-state index contributed by atoms with van der Waals surface area (Å²) in [7, 11) is 0. The quantitative estimate of drug-likeness (QED) is 0.766. The number of carbonyl (C=O) groups is 2. The fraction of sp³-hybridized carbons (Fsp3) is 0.364. The molecule has 0 N–H and O–H groups in total. The van der Waals surface area contributed by atoms with Crippen molar-refractivity contribution in [3.8, 4) is 0 Å². The third-order valence-electron chi connectivity index (χ3n) is 5.68. The Hall–Kier alpha value is -2.41. The predicted molar refractivity (Wildman–Crippen MR) is 109 cm³/mol. The third kappa shape index (κ3) is 4.15. The summed E-state index contributed by atoms with van der Waals surface area (Å²) in [5, 5.41) is 0. The summed E-state index contributed by atoms with van der Waals surface area (Å²) in [5.74, 6) is 0.119. The number of likely N-dealkylation sites (tertiary alicyclic amines) is 1. The molecular formula is C22H22F2N2O2S. The molecule has 152 valence electrons. The first kappa shape index (κ1) is 19.9. The summed E-state index contributed by atoms with van der Waals surface area (Å²) in [6.45, 7) is 1.82. The van der Waals surface area contributed by atoms with Crippen LogP contribution in [-0.4, -0.2) is 51.9 Å². The van der Waals surface area contributed by atoms with E-state index in [0.29, 0.717) is 38.0 Å². The Morgan fingerprint density at radius 1 is 0.897 bits per heavy atom. The molecule has 0 radical (unpaired) electrons. The molecule has 7 heteroatoms. The molecular weight excluding hydrogens is 394 g/mol. The monoisotopic (exact) mass is 416 g/mol. The third-order valence-corrected chi connectivity index (χ3v) is 7.23. The maximum atomic E-state index is 13.2. The molecule has 4 nitrogen and oxygen atoms in total. The molecule has 0 unspecified atom stereocenters. The van der Waals surface area contributed by atoms with E-state index in [1.807, 2.05) is 9.80 Å². The fourth-order valence-electron chi connectivity index (χ4n) is 4.05. The van der Waals surface area contributed by atoms with Gasteiger partial charge >= 0.3 is 0 Å². The molecule has 0 aromatic heterocycles. The molecule has 2 saturated heterocycles. The molecule has 2 aliphatic rings. The Morgan fingerprint density at radius 3 is 2.10 bits per heavy atom. The summed E-state index contributed by atoms with van der Waals surface area (Å²) in [5.41, 5.74) is 1.28. The highest BCUT2D eigenvalue weighted by molar-refractivity contribution is 8.00. The van der Waals surface area contributed by atoms with E-state index < -0.39 is 0 Å². The number of benzene rings is 2. The average molecular weight is 416 g/mol. The molecule has 0 saturated carbocycles.